The first-order chi connectivity index (χ1) is 9.75. The molecule has 0 radical (unpaired) electrons. The number of hydrogen-bond acceptors (Lipinski definition) is 3. The number of rotatable bonds is 3. The lowest BCUT2D eigenvalue weighted by Gasteiger charge is -2.26. The number of carbonyl (C=O) groups excluding carboxylic acids is 2. The van der Waals surface area contributed by atoms with E-state index in [2.05, 4.69) is 17.5 Å². The SMILES string of the molecule is O=C1CC(NC2CC=CC2)C(=O)N1C1CCCCCC1. The Balaban J connectivity index is 1.63. The molecule has 4 nitrogen and oxygen atoms in total. The topological polar surface area (TPSA) is 49.4 Å². The largest absolute Gasteiger partial charge is 0.302 e. The summed E-state index contributed by atoms with van der Waals surface area (Å²) in [5.41, 5.74) is 0. The fraction of sp³-hybridized carbons (Fsp3) is 0.750. The Bertz CT molecular complexity index is 403. The molecule has 0 bridgehead atoms. The maximum atomic E-state index is 12.5. The first kappa shape index (κ1) is 13.8. The van der Waals surface area contributed by atoms with Crippen LogP contribution in [0.15, 0.2) is 12.2 Å². The average molecular weight is 276 g/mol. The van der Waals surface area contributed by atoms with Gasteiger partial charge >= 0.3 is 0 Å². The van der Waals surface area contributed by atoms with Crippen molar-refractivity contribution in [3.8, 4) is 0 Å². The Morgan fingerprint density at radius 1 is 1.00 bits per heavy atom. The van der Waals surface area contributed by atoms with Gasteiger partial charge in [-0.2, -0.15) is 0 Å². The summed E-state index contributed by atoms with van der Waals surface area (Å²) >= 11 is 0. The van der Waals surface area contributed by atoms with Gasteiger partial charge in [0.1, 0.15) is 0 Å². The second-order valence-electron chi connectivity index (χ2n) is 6.31. The Morgan fingerprint density at radius 3 is 2.30 bits per heavy atom. The third-order valence-corrected chi connectivity index (χ3v) is 4.82. The Hall–Kier alpha value is -1.16. The lowest BCUT2D eigenvalue weighted by atomic mass is 10.1. The summed E-state index contributed by atoms with van der Waals surface area (Å²) in [6.07, 6.45) is 13.3. The number of nitrogens with zero attached hydrogens (tertiary/aromatic N) is 1. The molecule has 1 saturated carbocycles. The zero-order valence-electron chi connectivity index (χ0n) is 12.0. The molecule has 1 atom stereocenters. The minimum Gasteiger partial charge on any atom is -0.302 e. The molecule has 1 saturated heterocycles. The van der Waals surface area contributed by atoms with Gasteiger partial charge in [0, 0.05) is 12.1 Å². The number of nitrogens with one attached hydrogen (secondary N) is 1. The van der Waals surface area contributed by atoms with Crippen LogP contribution < -0.4 is 5.32 Å². The maximum Gasteiger partial charge on any atom is 0.247 e. The van der Waals surface area contributed by atoms with Gasteiger partial charge in [-0.15, -0.1) is 0 Å². The predicted molar refractivity (Wildman–Crippen MR) is 77.0 cm³/mol. The minimum absolute atomic E-state index is 0.0220. The lowest BCUT2D eigenvalue weighted by molar-refractivity contribution is -0.141. The van der Waals surface area contributed by atoms with Crippen molar-refractivity contribution in [1.82, 2.24) is 10.2 Å². The van der Waals surface area contributed by atoms with Gasteiger partial charge in [-0.3, -0.25) is 14.5 Å². The molecule has 110 valence electrons. The predicted octanol–water partition coefficient (Wildman–Crippen LogP) is 2.14. The quantitative estimate of drug-likeness (QED) is 0.488. The summed E-state index contributed by atoms with van der Waals surface area (Å²) in [4.78, 5) is 26.4. The highest BCUT2D eigenvalue weighted by molar-refractivity contribution is 6.05. The molecule has 1 unspecified atom stereocenters. The third kappa shape index (κ3) is 2.80. The smallest absolute Gasteiger partial charge is 0.247 e. The van der Waals surface area contributed by atoms with E-state index in [1.165, 1.54) is 12.8 Å². The van der Waals surface area contributed by atoms with Gasteiger partial charge in [0.15, 0.2) is 0 Å². The van der Waals surface area contributed by atoms with Crippen LogP contribution in [0.25, 0.3) is 0 Å². The Labute approximate surface area is 120 Å². The normalized spacial score (nSPS) is 29.4. The summed E-state index contributed by atoms with van der Waals surface area (Å²) in [5.74, 6) is 0.0548. The van der Waals surface area contributed by atoms with Gasteiger partial charge in [-0.05, 0) is 25.7 Å². The third-order valence-electron chi connectivity index (χ3n) is 4.82. The van der Waals surface area contributed by atoms with Crippen molar-refractivity contribution in [2.75, 3.05) is 0 Å². The van der Waals surface area contributed by atoms with E-state index in [4.69, 9.17) is 0 Å². The van der Waals surface area contributed by atoms with Crippen molar-refractivity contribution in [3.63, 3.8) is 0 Å². The van der Waals surface area contributed by atoms with Crippen LogP contribution in [0.5, 0.6) is 0 Å². The maximum absolute atomic E-state index is 12.5. The molecule has 2 fully saturated rings. The number of likely N-dealkylation sites (tertiary alicyclic amines) is 1. The highest BCUT2D eigenvalue weighted by atomic mass is 16.2. The van der Waals surface area contributed by atoms with E-state index in [0.717, 1.165) is 38.5 Å². The van der Waals surface area contributed by atoms with Crippen LogP contribution in [0.3, 0.4) is 0 Å². The molecule has 4 heteroatoms. The fourth-order valence-corrected chi connectivity index (χ4v) is 3.72. The van der Waals surface area contributed by atoms with Crippen molar-refractivity contribution in [1.29, 1.82) is 0 Å². The molecule has 20 heavy (non-hydrogen) atoms. The fourth-order valence-electron chi connectivity index (χ4n) is 3.72. The molecular weight excluding hydrogens is 252 g/mol. The van der Waals surface area contributed by atoms with Crippen molar-refractivity contribution < 1.29 is 9.59 Å². The molecule has 0 spiro atoms. The van der Waals surface area contributed by atoms with Gasteiger partial charge in [-0.1, -0.05) is 37.8 Å². The highest BCUT2D eigenvalue weighted by Gasteiger charge is 2.42. The summed E-state index contributed by atoms with van der Waals surface area (Å²) in [7, 11) is 0. The van der Waals surface area contributed by atoms with E-state index >= 15 is 0 Å². The monoisotopic (exact) mass is 276 g/mol. The van der Waals surface area contributed by atoms with E-state index in [1.807, 2.05) is 0 Å². The number of hydrogen-bond donors (Lipinski definition) is 1. The van der Waals surface area contributed by atoms with Crippen LogP contribution in [0.1, 0.15) is 57.8 Å². The molecule has 0 aromatic heterocycles. The molecule has 2 aliphatic carbocycles. The van der Waals surface area contributed by atoms with Crippen LogP contribution >= 0.6 is 0 Å². The second-order valence-corrected chi connectivity index (χ2v) is 6.31. The molecule has 0 aromatic carbocycles. The van der Waals surface area contributed by atoms with E-state index in [0.29, 0.717) is 12.5 Å². The standard InChI is InChI=1S/C16H24N2O2/c19-15-11-14(17-12-7-5-6-8-12)16(20)18(15)13-9-3-1-2-4-10-13/h5-6,12-14,17H,1-4,7-11H2. The summed E-state index contributed by atoms with van der Waals surface area (Å²) in [5, 5.41) is 3.37. The second kappa shape index (κ2) is 6.08. The van der Waals surface area contributed by atoms with E-state index in [9.17, 15) is 9.59 Å². The van der Waals surface area contributed by atoms with Crippen molar-refractivity contribution in [3.05, 3.63) is 12.2 Å². The van der Waals surface area contributed by atoms with Crippen LogP contribution in [-0.2, 0) is 9.59 Å². The molecular formula is C16H24N2O2. The Kier molecular flexibility index (Phi) is 4.20. The van der Waals surface area contributed by atoms with Gasteiger partial charge in [0.05, 0.1) is 12.5 Å². The van der Waals surface area contributed by atoms with E-state index in [1.54, 1.807) is 4.90 Å². The highest BCUT2D eigenvalue weighted by Crippen LogP contribution is 2.27. The molecule has 1 N–H and O–H groups in total. The van der Waals surface area contributed by atoms with Gasteiger partial charge in [0.25, 0.3) is 0 Å². The number of amides is 2. The summed E-state index contributed by atoms with van der Waals surface area (Å²) in [6, 6.07) is 0.215. The summed E-state index contributed by atoms with van der Waals surface area (Å²) in [6.45, 7) is 0. The van der Waals surface area contributed by atoms with Gasteiger partial charge in [0.2, 0.25) is 11.8 Å². The molecule has 3 aliphatic rings. The minimum atomic E-state index is -0.282. The van der Waals surface area contributed by atoms with Crippen LogP contribution in [0, 0.1) is 0 Å². The lowest BCUT2D eigenvalue weighted by Crippen LogP contribution is -2.46. The van der Waals surface area contributed by atoms with Gasteiger partial charge < -0.3 is 5.32 Å². The van der Waals surface area contributed by atoms with Gasteiger partial charge in [-0.25, -0.2) is 0 Å². The zero-order valence-corrected chi connectivity index (χ0v) is 12.0. The van der Waals surface area contributed by atoms with Crippen molar-refractivity contribution in [2.45, 2.75) is 75.9 Å². The molecule has 2 amide bonds. The van der Waals surface area contributed by atoms with Crippen LogP contribution in [0.4, 0.5) is 0 Å². The molecule has 3 rings (SSSR count). The average Bonchev–Trinajstić information content (AvgIpc) is 2.92. The van der Waals surface area contributed by atoms with Crippen molar-refractivity contribution >= 4 is 11.8 Å². The number of imide groups is 1. The van der Waals surface area contributed by atoms with Crippen molar-refractivity contribution in [2.24, 2.45) is 0 Å². The van der Waals surface area contributed by atoms with Crippen LogP contribution in [0.2, 0.25) is 0 Å². The number of carbonyl (C=O) groups is 2. The van der Waals surface area contributed by atoms with E-state index in [-0.39, 0.29) is 23.9 Å². The first-order valence-corrected chi connectivity index (χ1v) is 8.02. The first-order valence-electron chi connectivity index (χ1n) is 8.02. The zero-order chi connectivity index (χ0) is 13.9. The Morgan fingerprint density at radius 2 is 1.65 bits per heavy atom. The summed E-state index contributed by atoms with van der Waals surface area (Å²) < 4.78 is 0. The van der Waals surface area contributed by atoms with Crippen LogP contribution in [-0.4, -0.2) is 34.8 Å². The molecule has 1 heterocycles. The molecule has 1 aliphatic heterocycles. The molecule has 0 aromatic rings. The van der Waals surface area contributed by atoms with E-state index < -0.39 is 0 Å².